The summed E-state index contributed by atoms with van der Waals surface area (Å²) >= 11 is 0. The maximum absolute atomic E-state index is 11.9. The van der Waals surface area contributed by atoms with Gasteiger partial charge in [-0.3, -0.25) is 9.89 Å². The molecule has 0 aliphatic heterocycles. The van der Waals surface area contributed by atoms with E-state index >= 15 is 0 Å². The van der Waals surface area contributed by atoms with E-state index in [0.29, 0.717) is 5.82 Å². The van der Waals surface area contributed by atoms with E-state index in [1.54, 1.807) is 0 Å². The van der Waals surface area contributed by atoms with Crippen LogP contribution in [0.25, 0.3) is 0 Å². The fourth-order valence-electron chi connectivity index (χ4n) is 1.29. The van der Waals surface area contributed by atoms with Crippen molar-refractivity contribution >= 4 is 11.7 Å². The van der Waals surface area contributed by atoms with Crippen LogP contribution < -0.4 is 5.32 Å². The van der Waals surface area contributed by atoms with Crippen LogP contribution in [0.4, 0.5) is 5.82 Å². The summed E-state index contributed by atoms with van der Waals surface area (Å²) < 4.78 is 0. The molecule has 2 N–H and O–H groups in total. The molecule has 1 amide bonds. The minimum Gasteiger partial charge on any atom is -0.309 e. The average Bonchev–Trinajstić information content (AvgIpc) is 2.64. The lowest BCUT2D eigenvalue weighted by Gasteiger charge is -2.20. The third kappa shape index (κ3) is 3.85. The third-order valence-corrected chi connectivity index (χ3v) is 2.86. The SMILES string of the molecule is CCC(C)(C)C(=O)Nc1cc(CN(C)C)[nH]n1. The molecule has 1 aromatic heterocycles. The summed E-state index contributed by atoms with van der Waals surface area (Å²) in [5.41, 5.74) is 0.625. The largest absolute Gasteiger partial charge is 0.309 e. The third-order valence-electron chi connectivity index (χ3n) is 2.86. The molecular formula is C12H22N4O. The molecule has 0 bridgehead atoms. The number of H-pyrrole nitrogens is 1. The van der Waals surface area contributed by atoms with E-state index in [0.717, 1.165) is 18.7 Å². The van der Waals surface area contributed by atoms with Gasteiger partial charge in [0.2, 0.25) is 5.91 Å². The normalized spacial score (nSPS) is 11.9. The zero-order valence-corrected chi connectivity index (χ0v) is 11.3. The van der Waals surface area contributed by atoms with Gasteiger partial charge in [-0.2, -0.15) is 5.10 Å². The summed E-state index contributed by atoms with van der Waals surface area (Å²) in [5, 5.41) is 9.81. The molecule has 0 saturated heterocycles. The van der Waals surface area contributed by atoms with E-state index in [9.17, 15) is 4.79 Å². The van der Waals surface area contributed by atoms with Crippen molar-refractivity contribution in [1.82, 2.24) is 15.1 Å². The van der Waals surface area contributed by atoms with Gasteiger partial charge in [-0.1, -0.05) is 20.8 Å². The van der Waals surface area contributed by atoms with Gasteiger partial charge in [-0.05, 0) is 20.5 Å². The molecular weight excluding hydrogens is 216 g/mol. The first-order valence-corrected chi connectivity index (χ1v) is 5.85. The zero-order valence-electron chi connectivity index (χ0n) is 11.3. The first-order valence-electron chi connectivity index (χ1n) is 5.85. The van der Waals surface area contributed by atoms with Gasteiger partial charge in [0.25, 0.3) is 0 Å². The number of rotatable bonds is 5. The van der Waals surface area contributed by atoms with Gasteiger partial charge in [-0.25, -0.2) is 0 Å². The molecule has 0 aliphatic carbocycles. The van der Waals surface area contributed by atoms with E-state index in [4.69, 9.17) is 0 Å². The van der Waals surface area contributed by atoms with Crippen LogP contribution >= 0.6 is 0 Å². The van der Waals surface area contributed by atoms with E-state index < -0.39 is 0 Å². The number of aromatic nitrogens is 2. The van der Waals surface area contributed by atoms with Crippen LogP contribution in [0.2, 0.25) is 0 Å². The van der Waals surface area contributed by atoms with Gasteiger partial charge < -0.3 is 10.2 Å². The molecule has 0 aliphatic rings. The summed E-state index contributed by atoms with van der Waals surface area (Å²) in [4.78, 5) is 14.0. The van der Waals surface area contributed by atoms with Crippen LogP contribution in [0.3, 0.4) is 0 Å². The number of nitrogens with zero attached hydrogens (tertiary/aromatic N) is 2. The second-order valence-electron chi connectivity index (χ2n) is 5.21. The fraction of sp³-hybridized carbons (Fsp3) is 0.667. The highest BCUT2D eigenvalue weighted by atomic mass is 16.2. The van der Waals surface area contributed by atoms with E-state index in [1.165, 1.54) is 0 Å². The van der Waals surface area contributed by atoms with E-state index in [2.05, 4.69) is 15.5 Å². The molecule has 1 aromatic rings. The number of amides is 1. The molecule has 0 unspecified atom stereocenters. The van der Waals surface area contributed by atoms with Crippen molar-refractivity contribution in [2.75, 3.05) is 19.4 Å². The molecule has 17 heavy (non-hydrogen) atoms. The van der Waals surface area contributed by atoms with Gasteiger partial charge in [0.15, 0.2) is 5.82 Å². The standard InChI is InChI=1S/C12H22N4O/c1-6-12(2,3)11(17)13-10-7-9(14-15-10)8-16(4)5/h7H,6,8H2,1-5H3,(H2,13,14,15,17). The second-order valence-corrected chi connectivity index (χ2v) is 5.21. The van der Waals surface area contributed by atoms with Gasteiger partial charge in [0.1, 0.15) is 0 Å². The smallest absolute Gasteiger partial charge is 0.231 e. The van der Waals surface area contributed by atoms with Crippen molar-refractivity contribution < 1.29 is 4.79 Å². The predicted octanol–water partition coefficient (Wildman–Crippen LogP) is 1.85. The number of nitrogens with one attached hydrogen (secondary N) is 2. The van der Waals surface area contributed by atoms with E-state index in [-0.39, 0.29) is 11.3 Å². The molecule has 5 heteroatoms. The molecule has 1 heterocycles. The molecule has 1 rings (SSSR count). The molecule has 96 valence electrons. The summed E-state index contributed by atoms with van der Waals surface area (Å²) in [6.45, 7) is 6.63. The Morgan fingerprint density at radius 3 is 2.71 bits per heavy atom. The molecule has 0 spiro atoms. The molecule has 0 radical (unpaired) electrons. The molecule has 0 aromatic carbocycles. The quantitative estimate of drug-likeness (QED) is 0.823. The van der Waals surface area contributed by atoms with Crippen LogP contribution in [0.5, 0.6) is 0 Å². The Morgan fingerprint density at radius 1 is 1.53 bits per heavy atom. The van der Waals surface area contributed by atoms with Gasteiger partial charge in [-0.15, -0.1) is 0 Å². The maximum Gasteiger partial charge on any atom is 0.231 e. The number of anilines is 1. The fourth-order valence-corrected chi connectivity index (χ4v) is 1.29. The van der Waals surface area contributed by atoms with Crippen molar-refractivity contribution in [1.29, 1.82) is 0 Å². The maximum atomic E-state index is 11.9. The highest BCUT2D eigenvalue weighted by Gasteiger charge is 2.25. The number of hydrogen-bond acceptors (Lipinski definition) is 3. The van der Waals surface area contributed by atoms with Gasteiger partial charge >= 0.3 is 0 Å². The Labute approximate surface area is 103 Å². The highest BCUT2D eigenvalue weighted by molar-refractivity contribution is 5.93. The number of carbonyl (C=O) groups is 1. The van der Waals surface area contributed by atoms with Crippen molar-refractivity contribution in [3.8, 4) is 0 Å². The molecule has 5 nitrogen and oxygen atoms in total. The monoisotopic (exact) mass is 238 g/mol. The van der Waals surface area contributed by atoms with Gasteiger partial charge in [0, 0.05) is 18.0 Å². The number of carbonyl (C=O) groups excluding carboxylic acids is 1. The minimum atomic E-state index is -0.360. The predicted molar refractivity (Wildman–Crippen MR) is 68.7 cm³/mol. The van der Waals surface area contributed by atoms with Crippen LogP contribution in [-0.4, -0.2) is 35.1 Å². The van der Waals surface area contributed by atoms with Gasteiger partial charge in [0.05, 0.1) is 5.69 Å². The van der Waals surface area contributed by atoms with Crippen molar-refractivity contribution in [3.63, 3.8) is 0 Å². The summed E-state index contributed by atoms with van der Waals surface area (Å²) in [5.74, 6) is 0.594. The van der Waals surface area contributed by atoms with Crippen LogP contribution in [0.1, 0.15) is 32.9 Å². The van der Waals surface area contributed by atoms with Crippen molar-refractivity contribution in [3.05, 3.63) is 11.8 Å². The topological polar surface area (TPSA) is 61.0 Å². The van der Waals surface area contributed by atoms with E-state index in [1.807, 2.05) is 45.8 Å². The average molecular weight is 238 g/mol. The lowest BCUT2D eigenvalue weighted by molar-refractivity contribution is -0.124. The van der Waals surface area contributed by atoms with Crippen LogP contribution in [-0.2, 0) is 11.3 Å². The zero-order chi connectivity index (χ0) is 13.1. The minimum absolute atomic E-state index is 0.00269. The second kappa shape index (κ2) is 5.31. The Kier molecular flexibility index (Phi) is 4.28. The lowest BCUT2D eigenvalue weighted by atomic mass is 9.89. The lowest BCUT2D eigenvalue weighted by Crippen LogP contribution is -2.30. The number of aromatic amines is 1. The molecule has 0 atom stereocenters. The van der Waals surface area contributed by atoms with Crippen molar-refractivity contribution in [2.24, 2.45) is 5.41 Å². The summed E-state index contributed by atoms with van der Waals surface area (Å²) in [6.07, 6.45) is 0.799. The Hall–Kier alpha value is -1.36. The molecule has 0 fully saturated rings. The molecule has 0 saturated carbocycles. The first-order chi connectivity index (χ1) is 7.85. The van der Waals surface area contributed by atoms with Crippen molar-refractivity contribution in [2.45, 2.75) is 33.7 Å². The summed E-state index contributed by atoms with van der Waals surface area (Å²) in [7, 11) is 3.97. The Balaban J connectivity index is 2.64. The Bertz CT molecular complexity index is 382. The van der Waals surface area contributed by atoms with Crippen LogP contribution in [0.15, 0.2) is 6.07 Å². The van der Waals surface area contributed by atoms with Crippen LogP contribution in [0, 0.1) is 5.41 Å². The first kappa shape index (κ1) is 13.7. The highest BCUT2D eigenvalue weighted by Crippen LogP contribution is 2.21. The summed E-state index contributed by atoms with van der Waals surface area (Å²) in [6, 6.07) is 1.86. The Morgan fingerprint density at radius 2 is 2.18 bits per heavy atom. The number of hydrogen-bond donors (Lipinski definition) is 2.